The molecule has 0 aromatic heterocycles. The summed E-state index contributed by atoms with van der Waals surface area (Å²) in [6.07, 6.45) is 0.896. The van der Waals surface area contributed by atoms with Gasteiger partial charge in [-0.05, 0) is 35.7 Å². The topological polar surface area (TPSA) is 66.6 Å². The van der Waals surface area contributed by atoms with Crippen molar-refractivity contribution in [2.75, 3.05) is 25.5 Å². The number of hydrogen-bond acceptors (Lipinski definition) is 4. The van der Waals surface area contributed by atoms with Gasteiger partial charge in [0.25, 0.3) is 0 Å². The van der Waals surface area contributed by atoms with Gasteiger partial charge in [0.1, 0.15) is 0 Å². The van der Waals surface area contributed by atoms with E-state index in [2.05, 4.69) is 17.0 Å². The molecule has 1 heterocycles. The van der Waals surface area contributed by atoms with Gasteiger partial charge in [-0.1, -0.05) is 30.3 Å². The number of rotatable bonds is 4. The molecule has 1 aliphatic heterocycles. The molecule has 5 nitrogen and oxygen atoms in total. The van der Waals surface area contributed by atoms with E-state index in [1.807, 2.05) is 24.3 Å². The molecule has 3 rings (SSSR count). The van der Waals surface area contributed by atoms with Crippen LogP contribution in [0.4, 0.5) is 5.69 Å². The Kier molecular flexibility index (Phi) is 4.62. The third-order valence-electron chi connectivity index (χ3n) is 4.34. The minimum absolute atomic E-state index is 0.119. The van der Waals surface area contributed by atoms with E-state index in [-0.39, 0.29) is 6.04 Å². The van der Waals surface area contributed by atoms with Crippen molar-refractivity contribution in [2.24, 2.45) is 5.73 Å². The zero-order valence-electron chi connectivity index (χ0n) is 14.0. The SMILES string of the molecule is CN(C)S(=O)(=O)c1ccc(CN2CC(N)Cc3ccccc32)cc1. The lowest BCUT2D eigenvalue weighted by Gasteiger charge is -2.34. The Bertz CT molecular complexity index is 816. The molecule has 2 N–H and O–H groups in total. The van der Waals surface area contributed by atoms with Crippen LogP contribution in [0, 0.1) is 0 Å². The van der Waals surface area contributed by atoms with Crippen LogP contribution in [-0.2, 0) is 23.0 Å². The van der Waals surface area contributed by atoms with Gasteiger partial charge < -0.3 is 10.6 Å². The van der Waals surface area contributed by atoms with Gasteiger partial charge >= 0.3 is 0 Å². The van der Waals surface area contributed by atoms with Gasteiger partial charge in [-0.15, -0.1) is 0 Å². The highest BCUT2D eigenvalue weighted by Crippen LogP contribution is 2.28. The van der Waals surface area contributed by atoms with Crippen LogP contribution in [0.15, 0.2) is 53.4 Å². The van der Waals surface area contributed by atoms with Gasteiger partial charge in [0.2, 0.25) is 10.0 Å². The summed E-state index contributed by atoms with van der Waals surface area (Å²) in [5.41, 5.74) is 9.73. The van der Waals surface area contributed by atoms with E-state index in [1.165, 1.54) is 29.7 Å². The predicted octanol–water partition coefficient (Wildman–Crippen LogP) is 1.83. The molecular formula is C18H23N3O2S. The van der Waals surface area contributed by atoms with Gasteiger partial charge in [0.15, 0.2) is 0 Å². The third-order valence-corrected chi connectivity index (χ3v) is 6.17. The highest BCUT2D eigenvalue weighted by molar-refractivity contribution is 7.89. The average molecular weight is 345 g/mol. The molecule has 0 saturated heterocycles. The third kappa shape index (κ3) is 3.31. The minimum Gasteiger partial charge on any atom is -0.365 e. The summed E-state index contributed by atoms with van der Waals surface area (Å²) in [4.78, 5) is 2.57. The Labute approximate surface area is 143 Å². The van der Waals surface area contributed by atoms with Crippen LogP contribution in [0.25, 0.3) is 0 Å². The normalized spacial score (nSPS) is 17.8. The Balaban J connectivity index is 1.82. The highest BCUT2D eigenvalue weighted by atomic mass is 32.2. The molecule has 0 spiro atoms. The summed E-state index contributed by atoms with van der Waals surface area (Å²) in [5.74, 6) is 0. The summed E-state index contributed by atoms with van der Waals surface area (Å²) in [6, 6.07) is 15.5. The van der Waals surface area contributed by atoms with Gasteiger partial charge in [0.05, 0.1) is 4.90 Å². The summed E-state index contributed by atoms with van der Waals surface area (Å²) < 4.78 is 25.5. The van der Waals surface area contributed by atoms with Crippen LogP contribution in [0.1, 0.15) is 11.1 Å². The van der Waals surface area contributed by atoms with Crippen molar-refractivity contribution in [1.29, 1.82) is 0 Å². The summed E-state index contributed by atoms with van der Waals surface area (Å²) in [6.45, 7) is 1.52. The van der Waals surface area contributed by atoms with E-state index in [0.29, 0.717) is 11.4 Å². The second kappa shape index (κ2) is 6.55. The maximum atomic E-state index is 12.1. The Morgan fingerprint density at radius 2 is 1.79 bits per heavy atom. The van der Waals surface area contributed by atoms with Crippen molar-refractivity contribution in [3.63, 3.8) is 0 Å². The summed E-state index contributed by atoms with van der Waals surface area (Å²) >= 11 is 0. The van der Waals surface area contributed by atoms with E-state index >= 15 is 0 Å². The van der Waals surface area contributed by atoms with E-state index < -0.39 is 10.0 Å². The molecule has 24 heavy (non-hydrogen) atoms. The maximum Gasteiger partial charge on any atom is 0.242 e. The van der Waals surface area contributed by atoms with Crippen molar-refractivity contribution in [3.8, 4) is 0 Å². The van der Waals surface area contributed by atoms with E-state index in [0.717, 1.165) is 18.5 Å². The molecule has 6 heteroatoms. The molecule has 0 aliphatic carbocycles. The van der Waals surface area contributed by atoms with Gasteiger partial charge in [0, 0.05) is 38.9 Å². The van der Waals surface area contributed by atoms with Gasteiger partial charge in [-0.25, -0.2) is 12.7 Å². The molecule has 1 unspecified atom stereocenters. The second-order valence-corrected chi connectivity index (χ2v) is 8.56. The molecule has 0 fully saturated rings. The quantitative estimate of drug-likeness (QED) is 0.918. The monoisotopic (exact) mass is 345 g/mol. The van der Waals surface area contributed by atoms with Crippen LogP contribution in [0.5, 0.6) is 0 Å². The molecule has 0 radical (unpaired) electrons. The number of anilines is 1. The van der Waals surface area contributed by atoms with Crippen LogP contribution >= 0.6 is 0 Å². The maximum absolute atomic E-state index is 12.1. The number of hydrogen-bond donors (Lipinski definition) is 1. The molecule has 2 aromatic carbocycles. The molecular weight excluding hydrogens is 322 g/mol. The number of nitrogens with two attached hydrogens (primary N) is 1. The number of nitrogens with zero attached hydrogens (tertiary/aromatic N) is 2. The summed E-state index contributed by atoms with van der Waals surface area (Å²) in [7, 11) is -0.310. The Hall–Kier alpha value is -1.89. The highest BCUT2D eigenvalue weighted by Gasteiger charge is 2.22. The lowest BCUT2D eigenvalue weighted by atomic mass is 9.98. The zero-order chi connectivity index (χ0) is 17.3. The van der Waals surface area contributed by atoms with Crippen molar-refractivity contribution in [2.45, 2.75) is 23.9 Å². The number of sulfonamides is 1. The van der Waals surface area contributed by atoms with Crippen molar-refractivity contribution >= 4 is 15.7 Å². The van der Waals surface area contributed by atoms with Crippen molar-refractivity contribution in [1.82, 2.24) is 4.31 Å². The van der Waals surface area contributed by atoms with Crippen LogP contribution < -0.4 is 10.6 Å². The first-order valence-electron chi connectivity index (χ1n) is 7.98. The van der Waals surface area contributed by atoms with Gasteiger partial charge in [-0.2, -0.15) is 0 Å². The zero-order valence-corrected chi connectivity index (χ0v) is 14.8. The Morgan fingerprint density at radius 1 is 1.12 bits per heavy atom. The largest absolute Gasteiger partial charge is 0.365 e. The molecule has 2 aromatic rings. The molecule has 0 amide bonds. The van der Waals surface area contributed by atoms with E-state index in [9.17, 15) is 8.42 Å². The van der Waals surface area contributed by atoms with Crippen molar-refractivity contribution in [3.05, 3.63) is 59.7 Å². The molecule has 128 valence electrons. The second-order valence-electron chi connectivity index (χ2n) is 6.40. The Morgan fingerprint density at radius 3 is 2.46 bits per heavy atom. The summed E-state index contributed by atoms with van der Waals surface area (Å²) in [5, 5.41) is 0. The lowest BCUT2D eigenvalue weighted by Crippen LogP contribution is -2.42. The van der Waals surface area contributed by atoms with E-state index in [1.54, 1.807) is 12.1 Å². The van der Waals surface area contributed by atoms with Crippen LogP contribution in [0.3, 0.4) is 0 Å². The average Bonchev–Trinajstić information content (AvgIpc) is 2.55. The fourth-order valence-corrected chi connectivity index (χ4v) is 3.97. The first-order valence-corrected chi connectivity index (χ1v) is 9.42. The van der Waals surface area contributed by atoms with Crippen molar-refractivity contribution < 1.29 is 8.42 Å². The van der Waals surface area contributed by atoms with E-state index in [4.69, 9.17) is 5.73 Å². The first kappa shape index (κ1) is 17.0. The standard InChI is InChI=1S/C18H23N3O2S/c1-20(2)24(22,23)17-9-7-14(8-10-17)12-21-13-16(19)11-15-5-3-4-6-18(15)21/h3-10,16H,11-13,19H2,1-2H3. The number of para-hydroxylation sites is 1. The van der Waals surface area contributed by atoms with Crippen LogP contribution in [0.2, 0.25) is 0 Å². The molecule has 1 aliphatic rings. The minimum atomic E-state index is -3.38. The molecule has 0 bridgehead atoms. The fraction of sp³-hybridized carbons (Fsp3) is 0.333. The molecule has 0 saturated carbocycles. The molecule has 1 atom stereocenters. The number of benzene rings is 2. The lowest BCUT2D eigenvalue weighted by molar-refractivity contribution is 0.520. The first-order chi connectivity index (χ1) is 11.4. The number of fused-ring (bicyclic) bond motifs is 1. The fourth-order valence-electron chi connectivity index (χ4n) is 3.07. The van der Waals surface area contributed by atoms with Gasteiger partial charge in [-0.3, -0.25) is 0 Å². The predicted molar refractivity (Wildman–Crippen MR) is 96.5 cm³/mol. The smallest absolute Gasteiger partial charge is 0.242 e. The van der Waals surface area contributed by atoms with Crippen LogP contribution in [-0.4, -0.2) is 39.4 Å².